The molecule has 2 aromatic rings. The van der Waals surface area contributed by atoms with Crippen LogP contribution < -0.4 is 5.32 Å². The third-order valence-electron chi connectivity index (χ3n) is 7.63. The van der Waals surface area contributed by atoms with Crippen LogP contribution in [0.25, 0.3) is 5.69 Å². The number of allylic oxidation sites excluding steroid dienone is 2. The Bertz CT molecular complexity index is 1150. The van der Waals surface area contributed by atoms with Crippen LogP contribution in [0, 0.1) is 19.8 Å². The third-order valence-corrected chi connectivity index (χ3v) is 7.63. The molecule has 2 aliphatic rings. The topological polar surface area (TPSA) is 76.5 Å². The molecule has 3 atom stereocenters. The van der Waals surface area contributed by atoms with Crippen molar-refractivity contribution in [3.63, 3.8) is 0 Å². The number of hydrogen-bond acceptors (Lipinski definition) is 5. The van der Waals surface area contributed by atoms with Crippen LogP contribution in [0.2, 0.25) is 0 Å². The van der Waals surface area contributed by atoms with Crippen LogP contribution >= 0.6 is 0 Å². The summed E-state index contributed by atoms with van der Waals surface area (Å²) >= 11 is 0. The van der Waals surface area contributed by atoms with Gasteiger partial charge in [-0.1, -0.05) is 42.0 Å². The van der Waals surface area contributed by atoms with E-state index in [0.717, 1.165) is 48.4 Å². The van der Waals surface area contributed by atoms with Gasteiger partial charge in [0.15, 0.2) is 0 Å². The number of esters is 1. The molecule has 0 radical (unpaired) electrons. The van der Waals surface area contributed by atoms with Crippen molar-refractivity contribution in [3.05, 3.63) is 71.1 Å². The maximum Gasteiger partial charge on any atom is 0.323 e. The summed E-state index contributed by atoms with van der Waals surface area (Å²) in [4.78, 5) is 27.8. The number of likely N-dealkylation sites (tertiary alicyclic amines) is 1. The minimum absolute atomic E-state index is 0.0505. The van der Waals surface area contributed by atoms with Crippen molar-refractivity contribution in [1.82, 2.24) is 20.0 Å². The van der Waals surface area contributed by atoms with E-state index in [1.54, 1.807) is 0 Å². The fourth-order valence-corrected chi connectivity index (χ4v) is 5.50. The summed E-state index contributed by atoms with van der Waals surface area (Å²) in [6.07, 6.45) is 6.25. The van der Waals surface area contributed by atoms with Gasteiger partial charge in [0, 0.05) is 30.4 Å². The third kappa shape index (κ3) is 5.78. The number of rotatable bonds is 8. The molecule has 7 heteroatoms. The van der Waals surface area contributed by atoms with Crippen LogP contribution in [0.15, 0.2) is 54.1 Å². The molecule has 1 N–H and O–H groups in total. The van der Waals surface area contributed by atoms with Crippen LogP contribution in [0.1, 0.15) is 49.6 Å². The van der Waals surface area contributed by atoms with Crippen LogP contribution in [-0.2, 0) is 20.7 Å². The predicted octanol–water partition coefficient (Wildman–Crippen LogP) is 4.07. The zero-order chi connectivity index (χ0) is 25.8. The quantitative estimate of drug-likeness (QED) is 0.446. The predicted molar refractivity (Wildman–Crippen MR) is 141 cm³/mol. The van der Waals surface area contributed by atoms with Gasteiger partial charge in [0.2, 0.25) is 5.91 Å². The second kappa shape index (κ2) is 11.2. The van der Waals surface area contributed by atoms with E-state index >= 15 is 0 Å². The van der Waals surface area contributed by atoms with Crippen molar-refractivity contribution < 1.29 is 14.3 Å². The first-order chi connectivity index (χ1) is 17.3. The smallest absolute Gasteiger partial charge is 0.323 e. The van der Waals surface area contributed by atoms with Crippen molar-refractivity contribution in [1.29, 1.82) is 0 Å². The summed E-state index contributed by atoms with van der Waals surface area (Å²) in [5, 5.41) is 7.83. The fourth-order valence-electron chi connectivity index (χ4n) is 5.50. The van der Waals surface area contributed by atoms with E-state index in [0.29, 0.717) is 18.9 Å². The largest absolute Gasteiger partial charge is 0.468 e. The van der Waals surface area contributed by atoms with Crippen molar-refractivity contribution in [2.45, 2.75) is 65.0 Å². The van der Waals surface area contributed by atoms with Gasteiger partial charge in [0.1, 0.15) is 6.04 Å². The molecule has 1 aromatic heterocycles. The van der Waals surface area contributed by atoms with Gasteiger partial charge in [0.25, 0.3) is 0 Å². The van der Waals surface area contributed by atoms with Crippen LogP contribution in [0.5, 0.6) is 0 Å². The van der Waals surface area contributed by atoms with E-state index in [4.69, 9.17) is 4.74 Å². The molecule has 1 saturated heterocycles. The molecule has 192 valence electrons. The van der Waals surface area contributed by atoms with Crippen LogP contribution in [-0.4, -0.2) is 58.8 Å². The van der Waals surface area contributed by atoms with E-state index in [2.05, 4.69) is 34.9 Å². The molecular weight excluding hydrogens is 452 g/mol. The summed E-state index contributed by atoms with van der Waals surface area (Å²) in [5.41, 5.74) is 6.32. The Kier molecular flexibility index (Phi) is 8.09. The average molecular weight is 491 g/mol. The molecule has 7 nitrogen and oxygen atoms in total. The molecule has 2 heterocycles. The highest BCUT2D eigenvalue weighted by Gasteiger charge is 2.38. The van der Waals surface area contributed by atoms with Gasteiger partial charge in [-0.05, 0) is 64.5 Å². The highest BCUT2D eigenvalue weighted by atomic mass is 16.5. The summed E-state index contributed by atoms with van der Waals surface area (Å²) in [5.74, 6) is 0.262. The number of methoxy groups -OCH3 is 1. The van der Waals surface area contributed by atoms with E-state index in [-0.39, 0.29) is 30.4 Å². The number of amides is 1. The number of carbonyl (C=O) groups excluding carboxylic acids is 2. The molecule has 1 amide bonds. The van der Waals surface area contributed by atoms with Crippen molar-refractivity contribution >= 4 is 11.9 Å². The lowest BCUT2D eigenvalue weighted by Gasteiger charge is -2.27. The van der Waals surface area contributed by atoms with Gasteiger partial charge in [-0.25, -0.2) is 4.68 Å². The number of carbonyl (C=O) groups is 2. The van der Waals surface area contributed by atoms with Gasteiger partial charge < -0.3 is 10.1 Å². The molecule has 4 rings (SSSR count). The van der Waals surface area contributed by atoms with Gasteiger partial charge in [-0.15, -0.1) is 0 Å². The van der Waals surface area contributed by atoms with Crippen molar-refractivity contribution in [2.75, 3.05) is 20.2 Å². The van der Waals surface area contributed by atoms with E-state index in [1.807, 2.05) is 48.9 Å². The Labute approximate surface area is 214 Å². The Morgan fingerprint density at radius 1 is 1.22 bits per heavy atom. The van der Waals surface area contributed by atoms with Gasteiger partial charge >= 0.3 is 5.97 Å². The number of benzene rings is 1. The standard InChI is InChI=1S/C29H38N4O3/c1-19(2)23-13-11-22(12-14-23)17-32-18-24(15-27(32)29(35)36-5)30-28(34)16-26-20(3)31-33(21(26)4)25-9-7-6-8-10-25/h6-11,23-24,27H,1,12-18H2,2-5H3,(H,30,34)/t23-,24-,27+/m1/s1. The molecule has 0 unspecified atom stereocenters. The lowest BCUT2D eigenvalue weighted by Crippen LogP contribution is -2.39. The van der Waals surface area contributed by atoms with Crippen molar-refractivity contribution in [3.8, 4) is 5.69 Å². The second-order valence-corrected chi connectivity index (χ2v) is 10.2. The van der Waals surface area contributed by atoms with Gasteiger partial charge in [-0.3, -0.25) is 14.5 Å². The number of para-hydroxylation sites is 1. The zero-order valence-corrected chi connectivity index (χ0v) is 21.9. The van der Waals surface area contributed by atoms with E-state index in [9.17, 15) is 9.59 Å². The first-order valence-corrected chi connectivity index (χ1v) is 12.8. The SMILES string of the molecule is C=C(C)[C@@H]1CC=C(CN2C[C@H](NC(=O)Cc3c(C)nn(-c4ccccc4)c3C)C[C@H]2C(=O)OC)CC1. The summed E-state index contributed by atoms with van der Waals surface area (Å²) < 4.78 is 6.98. The Morgan fingerprint density at radius 3 is 2.61 bits per heavy atom. The van der Waals surface area contributed by atoms with E-state index < -0.39 is 0 Å². The number of aryl methyl sites for hydroxylation is 1. The summed E-state index contributed by atoms with van der Waals surface area (Å²) in [6.45, 7) is 11.5. The number of ether oxygens (including phenoxy) is 1. The van der Waals surface area contributed by atoms with Gasteiger partial charge in [0.05, 0.1) is 24.9 Å². The Hall–Kier alpha value is -3.19. The highest BCUT2D eigenvalue weighted by Crippen LogP contribution is 2.30. The lowest BCUT2D eigenvalue weighted by atomic mass is 9.85. The first-order valence-electron chi connectivity index (χ1n) is 12.8. The minimum Gasteiger partial charge on any atom is -0.468 e. The molecule has 1 fully saturated rings. The number of aromatic nitrogens is 2. The summed E-state index contributed by atoms with van der Waals surface area (Å²) in [6, 6.07) is 9.49. The maximum absolute atomic E-state index is 13.1. The second-order valence-electron chi connectivity index (χ2n) is 10.2. The molecule has 36 heavy (non-hydrogen) atoms. The normalized spacial score (nSPS) is 22.2. The number of hydrogen-bond donors (Lipinski definition) is 1. The zero-order valence-electron chi connectivity index (χ0n) is 21.9. The van der Waals surface area contributed by atoms with Gasteiger partial charge in [-0.2, -0.15) is 5.10 Å². The molecular formula is C29H38N4O3. The average Bonchev–Trinajstić information content (AvgIpc) is 3.39. The van der Waals surface area contributed by atoms with Crippen LogP contribution in [0.3, 0.4) is 0 Å². The lowest BCUT2D eigenvalue weighted by molar-refractivity contribution is -0.145. The summed E-state index contributed by atoms with van der Waals surface area (Å²) in [7, 11) is 1.43. The first kappa shape index (κ1) is 25.9. The Balaban J connectivity index is 1.40. The van der Waals surface area contributed by atoms with Crippen LogP contribution in [0.4, 0.5) is 0 Å². The molecule has 0 bridgehead atoms. The molecule has 1 aromatic carbocycles. The minimum atomic E-state index is -0.343. The molecule has 1 aliphatic heterocycles. The number of nitrogens with zero attached hydrogens (tertiary/aromatic N) is 3. The van der Waals surface area contributed by atoms with Crippen molar-refractivity contribution in [2.24, 2.45) is 5.92 Å². The fraction of sp³-hybridized carbons (Fsp3) is 0.483. The molecule has 1 aliphatic carbocycles. The number of nitrogens with one attached hydrogen (secondary N) is 1. The Morgan fingerprint density at radius 2 is 1.97 bits per heavy atom. The maximum atomic E-state index is 13.1. The molecule has 0 saturated carbocycles. The monoisotopic (exact) mass is 490 g/mol. The highest BCUT2D eigenvalue weighted by molar-refractivity contribution is 5.80. The molecule has 0 spiro atoms. The van der Waals surface area contributed by atoms with E-state index in [1.165, 1.54) is 18.3 Å².